The molecule has 2 aliphatic rings. The van der Waals surface area contributed by atoms with Gasteiger partial charge in [0.25, 0.3) is 0 Å². The SMILES string of the molecule is CCNC(=NCCC1CCN(C)CC1)N1CCC(OCC)CC1.I. The van der Waals surface area contributed by atoms with Crippen LogP contribution in [-0.4, -0.2) is 74.8 Å². The van der Waals surface area contributed by atoms with Crippen molar-refractivity contribution in [2.24, 2.45) is 10.9 Å². The van der Waals surface area contributed by atoms with Gasteiger partial charge in [0, 0.05) is 32.8 Å². The molecule has 0 unspecified atom stereocenters. The van der Waals surface area contributed by atoms with Crippen molar-refractivity contribution in [3.8, 4) is 0 Å². The van der Waals surface area contributed by atoms with Crippen LogP contribution in [0.25, 0.3) is 0 Å². The minimum Gasteiger partial charge on any atom is -0.378 e. The number of aliphatic imine (C=N–C) groups is 1. The third kappa shape index (κ3) is 7.44. The Bertz CT molecular complexity index is 351. The summed E-state index contributed by atoms with van der Waals surface area (Å²) in [5.74, 6) is 1.97. The molecule has 2 saturated heterocycles. The van der Waals surface area contributed by atoms with Gasteiger partial charge in [-0.15, -0.1) is 24.0 Å². The lowest BCUT2D eigenvalue weighted by Gasteiger charge is -2.34. The molecule has 142 valence electrons. The molecule has 2 aliphatic heterocycles. The highest BCUT2D eigenvalue weighted by Gasteiger charge is 2.22. The molecule has 0 amide bonds. The third-order valence-electron chi connectivity index (χ3n) is 5.12. The molecule has 5 nitrogen and oxygen atoms in total. The lowest BCUT2D eigenvalue weighted by Crippen LogP contribution is -2.47. The summed E-state index contributed by atoms with van der Waals surface area (Å²) in [6.45, 7) is 11.6. The van der Waals surface area contributed by atoms with Gasteiger partial charge in [-0.3, -0.25) is 4.99 Å². The fourth-order valence-electron chi connectivity index (χ4n) is 3.60. The Morgan fingerprint density at radius 2 is 1.75 bits per heavy atom. The third-order valence-corrected chi connectivity index (χ3v) is 5.12. The van der Waals surface area contributed by atoms with Crippen LogP contribution in [0.2, 0.25) is 0 Å². The first-order valence-corrected chi connectivity index (χ1v) is 9.56. The minimum atomic E-state index is 0. The molecule has 6 heteroatoms. The van der Waals surface area contributed by atoms with Crippen molar-refractivity contribution in [2.45, 2.75) is 52.1 Å². The summed E-state index contributed by atoms with van der Waals surface area (Å²) >= 11 is 0. The van der Waals surface area contributed by atoms with E-state index in [2.05, 4.69) is 36.0 Å². The fourth-order valence-corrected chi connectivity index (χ4v) is 3.60. The summed E-state index contributed by atoms with van der Waals surface area (Å²) in [7, 11) is 2.23. The Balaban J connectivity index is 0.00000288. The second kappa shape index (κ2) is 12.3. The molecule has 0 aromatic rings. The maximum atomic E-state index is 5.75. The van der Waals surface area contributed by atoms with Crippen molar-refractivity contribution in [3.63, 3.8) is 0 Å². The normalized spacial score (nSPS) is 21.6. The lowest BCUT2D eigenvalue weighted by atomic mass is 9.94. The van der Waals surface area contributed by atoms with Gasteiger partial charge in [0.05, 0.1) is 6.10 Å². The van der Waals surface area contributed by atoms with E-state index >= 15 is 0 Å². The average molecular weight is 452 g/mol. The number of piperidine rings is 2. The highest BCUT2D eigenvalue weighted by Crippen LogP contribution is 2.19. The number of halogens is 1. The molecule has 2 heterocycles. The van der Waals surface area contributed by atoms with Gasteiger partial charge < -0.3 is 19.9 Å². The predicted molar refractivity (Wildman–Crippen MR) is 112 cm³/mol. The number of hydrogen-bond acceptors (Lipinski definition) is 3. The van der Waals surface area contributed by atoms with E-state index in [0.29, 0.717) is 6.10 Å². The zero-order chi connectivity index (χ0) is 16.5. The van der Waals surface area contributed by atoms with E-state index in [0.717, 1.165) is 57.5 Å². The van der Waals surface area contributed by atoms with Crippen molar-refractivity contribution in [1.82, 2.24) is 15.1 Å². The van der Waals surface area contributed by atoms with Crippen molar-refractivity contribution in [1.29, 1.82) is 0 Å². The summed E-state index contributed by atoms with van der Waals surface area (Å²) in [5, 5.41) is 3.47. The van der Waals surface area contributed by atoms with Crippen LogP contribution < -0.4 is 5.32 Å². The summed E-state index contributed by atoms with van der Waals surface area (Å²) in [4.78, 5) is 9.75. The number of nitrogens with zero attached hydrogens (tertiary/aromatic N) is 3. The number of guanidine groups is 1. The van der Waals surface area contributed by atoms with Gasteiger partial charge in [0.1, 0.15) is 0 Å². The second-order valence-electron chi connectivity index (χ2n) is 6.91. The van der Waals surface area contributed by atoms with Gasteiger partial charge in [-0.05, 0) is 72.0 Å². The molecule has 0 saturated carbocycles. The first kappa shape index (κ1) is 22.0. The van der Waals surface area contributed by atoms with E-state index in [1.165, 1.54) is 32.4 Å². The summed E-state index contributed by atoms with van der Waals surface area (Å²) in [6.07, 6.45) is 6.58. The monoisotopic (exact) mass is 452 g/mol. The van der Waals surface area contributed by atoms with E-state index in [4.69, 9.17) is 9.73 Å². The zero-order valence-corrected chi connectivity index (χ0v) is 18.1. The van der Waals surface area contributed by atoms with E-state index in [-0.39, 0.29) is 24.0 Å². The van der Waals surface area contributed by atoms with Gasteiger partial charge in [-0.2, -0.15) is 0 Å². The van der Waals surface area contributed by atoms with Crippen molar-refractivity contribution < 1.29 is 4.74 Å². The quantitative estimate of drug-likeness (QED) is 0.382. The molecule has 0 aromatic heterocycles. The Kier molecular flexibility index (Phi) is 11.3. The molecule has 1 N–H and O–H groups in total. The van der Waals surface area contributed by atoms with Crippen LogP contribution >= 0.6 is 24.0 Å². The van der Waals surface area contributed by atoms with E-state index in [9.17, 15) is 0 Å². The van der Waals surface area contributed by atoms with Gasteiger partial charge >= 0.3 is 0 Å². The molecule has 0 aliphatic carbocycles. The average Bonchev–Trinajstić information content (AvgIpc) is 2.57. The van der Waals surface area contributed by atoms with Crippen LogP contribution in [0.1, 0.15) is 46.0 Å². The number of hydrogen-bond donors (Lipinski definition) is 1. The molecular formula is C18H37IN4O. The first-order chi connectivity index (χ1) is 11.2. The standard InChI is InChI=1S/C18H36N4O.HI/c1-4-19-18(22-14-9-17(10-15-22)23-5-2)20-11-6-16-7-12-21(3)13-8-16;/h16-17H,4-15H2,1-3H3,(H,19,20);1H. The number of ether oxygens (including phenoxy) is 1. The van der Waals surface area contributed by atoms with E-state index in [1.807, 2.05) is 0 Å². The van der Waals surface area contributed by atoms with Crippen LogP contribution in [0.3, 0.4) is 0 Å². The van der Waals surface area contributed by atoms with Crippen molar-refractivity contribution in [2.75, 3.05) is 52.9 Å². The lowest BCUT2D eigenvalue weighted by molar-refractivity contribution is 0.0263. The van der Waals surface area contributed by atoms with Crippen molar-refractivity contribution >= 4 is 29.9 Å². The zero-order valence-electron chi connectivity index (χ0n) is 15.8. The summed E-state index contributed by atoms with van der Waals surface area (Å²) in [6, 6.07) is 0. The topological polar surface area (TPSA) is 40.1 Å². The Morgan fingerprint density at radius 3 is 2.33 bits per heavy atom. The predicted octanol–water partition coefficient (Wildman–Crippen LogP) is 2.80. The highest BCUT2D eigenvalue weighted by atomic mass is 127. The molecule has 2 rings (SSSR count). The maximum Gasteiger partial charge on any atom is 0.193 e. The van der Waals surface area contributed by atoms with Gasteiger partial charge in [0.15, 0.2) is 5.96 Å². The Labute approximate surface area is 165 Å². The van der Waals surface area contributed by atoms with Crippen molar-refractivity contribution in [3.05, 3.63) is 0 Å². The molecule has 0 radical (unpaired) electrons. The van der Waals surface area contributed by atoms with Gasteiger partial charge in [0.2, 0.25) is 0 Å². The summed E-state index contributed by atoms with van der Waals surface area (Å²) in [5.41, 5.74) is 0. The number of likely N-dealkylation sites (tertiary alicyclic amines) is 2. The maximum absolute atomic E-state index is 5.75. The second-order valence-corrected chi connectivity index (χ2v) is 6.91. The number of nitrogens with one attached hydrogen (secondary N) is 1. The summed E-state index contributed by atoms with van der Waals surface area (Å²) < 4.78 is 5.75. The smallest absolute Gasteiger partial charge is 0.193 e. The van der Waals surface area contributed by atoms with Crippen LogP contribution in [-0.2, 0) is 4.74 Å². The molecule has 0 bridgehead atoms. The van der Waals surface area contributed by atoms with Gasteiger partial charge in [-0.25, -0.2) is 0 Å². The Hall–Kier alpha value is -0.0800. The van der Waals surface area contributed by atoms with Crippen LogP contribution in [0.4, 0.5) is 0 Å². The van der Waals surface area contributed by atoms with E-state index < -0.39 is 0 Å². The molecule has 0 spiro atoms. The first-order valence-electron chi connectivity index (χ1n) is 9.56. The molecule has 0 aromatic carbocycles. The molecule has 2 fully saturated rings. The molecule has 24 heavy (non-hydrogen) atoms. The largest absolute Gasteiger partial charge is 0.378 e. The van der Waals surface area contributed by atoms with Crippen LogP contribution in [0.5, 0.6) is 0 Å². The highest BCUT2D eigenvalue weighted by molar-refractivity contribution is 14.0. The van der Waals surface area contributed by atoms with Gasteiger partial charge in [-0.1, -0.05) is 0 Å². The van der Waals surface area contributed by atoms with Crippen LogP contribution in [0.15, 0.2) is 4.99 Å². The fraction of sp³-hybridized carbons (Fsp3) is 0.944. The Morgan fingerprint density at radius 1 is 1.08 bits per heavy atom. The minimum absolute atomic E-state index is 0. The number of rotatable bonds is 6. The van der Waals surface area contributed by atoms with Crippen LogP contribution in [0, 0.1) is 5.92 Å². The molecule has 0 atom stereocenters. The van der Waals surface area contributed by atoms with E-state index in [1.54, 1.807) is 0 Å². The molecular weight excluding hydrogens is 415 g/mol.